The van der Waals surface area contributed by atoms with Crippen molar-refractivity contribution in [3.63, 3.8) is 0 Å². The van der Waals surface area contributed by atoms with Crippen molar-refractivity contribution < 1.29 is 13.2 Å². The van der Waals surface area contributed by atoms with E-state index in [1.54, 1.807) is 11.0 Å². The smallest absolute Gasteiger partial charge is 0.243 e. The summed E-state index contributed by atoms with van der Waals surface area (Å²) in [4.78, 5) is 17.1. The average molecular weight is 430 g/mol. The van der Waals surface area contributed by atoms with E-state index < -0.39 is 10.0 Å². The van der Waals surface area contributed by atoms with Crippen molar-refractivity contribution in [1.82, 2.24) is 14.1 Å². The number of amides is 1. The molecular formula is C23H31N3O3S. The molecule has 2 aromatic rings. The highest BCUT2D eigenvalue weighted by atomic mass is 32.2. The third-order valence-electron chi connectivity index (χ3n) is 5.78. The van der Waals surface area contributed by atoms with Crippen molar-refractivity contribution in [2.45, 2.75) is 38.3 Å². The van der Waals surface area contributed by atoms with Crippen LogP contribution in [0.3, 0.4) is 0 Å². The Balaban J connectivity index is 1.61. The first-order valence-electron chi connectivity index (χ1n) is 10.3. The lowest BCUT2D eigenvalue weighted by Crippen LogP contribution is -2.55. The highest BCUT2D eigenvalue weighted by Gasteiger charge is 2.33. The highest BCUT2D eigenvalue weighted by Crippen LogP contribution is 2.23. The van der Waals surface area contributed by atoms with Gasteiger partial charge in [0, 0.05) is 39.8 Å². The van der Waals surface area contributed by atoms with Gasteiger partial charge in [-0.2, -0.15) is 4.31 Å². The molecule has 1 aliphatic heterocycles. The topological polar surface area (TPSA) is 60.9 Å². The predicted octanol–water partition coefficient (Wildman–Crippen LogP) is 2.66. The van der Waals surface area contributed by atoms with Gasteiger partial charge in [-0.15, -0.1) is 0 Å². The molecule has 6 nitrogen and oxygen atoms in total. The van der Waals surface area contributed by atoms with E-state index in [-0.39, 0.29) is 11.9 Å². The molecule has 0 N–H and O–H groups in total. The quantitative estimate of drug-likeness (QED) is 0.708. The van der Waals surface area contributed by atoms with Crippen molar-refractivity contribution in [2.24, 2.45) is 0 Å². The van der Waals surface area contributed by atoms with E-state index in [0.717, 1.165) is 16.7 Å². The third kappa shape index (κ3) is 4.91. The first-order chi connectivity index (χ1) is 14.2. The summed E-state index contributed by atoms with van der Waals surface area (Å²) in [6, 6.07) is 15.1. The van der Waals surface area contributed by atoms with Gasteiger partial charge in [0.05, 0.1) is 10.9 Å². The fourth-order valence-electron chi connectivity index (χ4n) is 3.87. The molecule has 1 amide bonds. The number of hydrogen-bond acceptors (Lipinski definition) is 4. The summed E-state index contributed by atoms with van der Waals surface area (Å²) in [5, 5.41) is 0. The van der Waals surface area contributed by atoms with E-state index in [9.17, 15) is 13.2 Å². The Morgan fingerprint density at radius 3 is 2.30 bits per heavy atom. The molecular weight excluding hydrogens is 398 g/mol. The minimum Gasteiger partial charge on any atom is -0.340 e. The normalized spacial score (nSPS) is 16.9. The number of benzene rings is 2. The van der Waals surface area contributed by atoms with Crippen LogP contribution in [0.25, 0.3) is 0 Å². The fourth-order valence-corrected chi connectivity index (χ4v) is 5.60. The van der Waals surface area contributed by atoms with Gasteiger partial charge in [0.15, 0.2) is 0 Å². The molecule has 2 aromatic carbocycles. The van der Waals surface area contributed by atoms with Crippen LogP contribution in [0, 0.1) is 13.8 Å². The van der Waals surface area contributed by atoms with Crippen LogP contribution in [-0.4, -0.2) is 67.7 Å². The average Bonchev–Trinajstić information content (AvgIpc) is 2.75. The Bertz CT molecular complexity index is 984. The molecule has 7 heteroatoms. The number of aryl methyl sites for hydroxylation is 2. The molecule has 1 saturated heterocycles. The minimum atomic E-state index is -3.53. The molecule has 1 fully saturated rings. The lowest BCUT2D eigenvalue weighted by molar-refractivity contribution is -0.136. The van der Waals surface area contributed by atoms with Crippen molar-refractivity contribution >= 4 is 15.9 Å². The summed E-state index contributed by atoms with van der Waals surface area (Å²) >= 11 is 0. The monoisotopic (exact) mass is 429 g/mol. The Hall–Kier alpha value is -2.22. The molecule has 0 saturated carbocycles. The number of likely N-dealkylation sites (N-methyl/N-ethyl adjacent to an activating group) is 1. The van der Waals surface area contributed by atoms with Gasteiger partial charge in [0.2, 0.25) is 15.9 Å². The summed E-state index contributed by atoms with van der Waals surface area (Å²) in [7, 11) is -1.72. The number of hydrogen-bond donors (Lipinski definition) is 0. The van der Waals surface area contributed by atoms with Gasteiger partial charge in [0.1, 0.15) is 0 Å². The zero-order valence-electron chi connectivity index (χ0n) is 18.2. The van der Waals surface area contributed by atoms with Crippen LogP contribution in [0.1, 0.15) is 23.6 Å². The SMILES string of the molecule is Cc1ccc(C)c(S(=O)(=O)N2CCN([C@H](C)C(=O)N(C)Cc3ccccc3)CC2)c1. The van der Waals surface area contributed by atoms with Crippen LogP contribution in [0.4, 0.5) is 0 Å². The number of carbonyl (C=O) groups is 1. The zero-order chi connectivity index (χ0) is 21.9. The van der Waals surface area contributed by atoms with Crippen LogP contribution in [0.5, 0.6) is 0 Å². The summed E-state index contributed by atoms with van der Waals surface area (Å²) in [6.45, 7) is 8.03. The number of carbonyl (C=O) groups excluding carboxylic acids is 1. The number of rotatable bonds is 6. The molecule has 0 aromatic heterocycles. The van der Waals surface area contributed by atoms with E-state index in [0.29, 0.717) is 37.6 Å². The lowest BCUT2D eigenvalue weighted by Gasteiger charge is -2.38. The molecule has 162 valence electrons. The zero-order valence-corrected chi connectivity index (χ0v) is 19.0. The Kier molecular flexibility index (Phi) is 6.95. The van der Waals surface area contributed by atoms with Gasteiger partial charge in [-0.3, -0.25) is 9.69 Å². The minimum absolute atomic E-state index is 0.0460. The predicted molar refractivity (Wildman–Crippen MR) is 119 cm³/mol. The summed E-state index contributed by atoms with van der Waals surface area (Å²) in [6.07, 6.45) is 0. The van der Waals surface area contributed by atoms with Crippen molar-refractivity contribution in [1.29, 1.82) is 0 Å². The van der Waals surface area contributed by atoms with Gasteiger partial charge in [0.25, 0.3) is 0 Å². The Labute approximate surface area is 180 Å². The second-order valence-electron chi connectivity index (χ2n) is 8.06. The molecule has 0 aliphatic carbocycles. The Morgan fingerprint density at radius 2 is 1.67 bits per heavy atom. The number of nitrogens with zero attached hydrogens (tertiary/aromatic N) is 3. The van der Waals surface area contributed by atoms with E-state index in [1.165, 1.54) is 4.31 Å². The van der Waals surface area contributed by atoms with E-state index in [4.69, 9.17) is 0 Å². The molecule has 0 unspecified atom stereocenters. The molecule has 3 rings (SSSR count). The van der Waals surface area contributed by atoms with Gasteiger partial charge in [-0.1, -0.05) is 42.5 Å². The maximum Gasteiger partial charge on any atom is 0.243 e. The maximum absolute atomic E-state index is 13.1. The fraction of sp³-hybridized carbons (Fsp3) is 0.435. The first-order valence-corrected chi connectivity index (χ1v) is 11.7. The van der Waals surface area contributed by atoms with E-state index >= 15 is 0 Å². The molecule has 30 heavy (non-hydrogen) atoms. The van der Waals surface area contributed by atoms with Gasteiger partial charge < -0.3 is 4.90 Å². The van der Waals surface area contributed by atoms with Gasteiger partial charge >= 0.3 is 0 Å². The second kappa shape index (κ2) is 9.29. The van der Waals surface area contributed by atoms with E-state index in [1.807, 2.05) is 70.3 Å². The van der Waals surface area contributed by atoms with Crippen LogP contribution in [0.15, 0.2) is 53.4 Å². The number of piperazine rings is 1. The van der Waals surface area contributed by atoms with Crippen LogP contribution < -0.4 is 0 Å². The number of sulfonamides is 1. The maximum atomic E-state index is 13.1. The van der Waals surface area contributed by atoms with Gasteiger partial charge in [-0.25, -0.2) is 8.42 Å². The molecule has 1 aliphatic rings. The summed E-state index contributed by atoms with van der Waals surface area (Å²) in [5.74, 6) is 0.0460. The third-order valence-corrected chi connectivity index (χ3v) is 7.82. The molecule has 1 heterocycles. The van der Waals surface area contributed by atoms with E-state index in [2.05, 4.69) is 4.90 Å². The Morgan fingerprint density at radius 1 is 1.03 bits per heavy atom. The molecule has 0 bridgehead atoms. The lowest BCUT2D eigenvalue weighted by atomic mass is 10.2. The summed E-state index contributed by atoms with van der Waals surface area (Å²) in [5.41, 5.74) is 2.78. The molecule has 0 spiro atoms. The molecule has 0 radical (unpaired) electrons. The van der Waals surface area contributed by atoms with Crippen LogP contribution in [-0.2, 0) is 21.4 Å². The summed E-state index contributed by atoms with van der Waals surface area (Å²) < 4.78 is 27.8. The van der Waals surface area contributed by atoms with Crippen molar-refractivity contribution in [3.8, 4) is 0 Å². The standard InChI is InChI=1S/C23H31N3O3S/c1-18-10-11-19(2)22(16-18)30(28,29)26-14-12-25(13-15-26)20(3)23(27)24(4)17-21-8-6-5-7-9-21/h5-11,16,20H,12-15,17H2,1-4H3/t20-/m1/s1. The van der Waals surface area contributed by atoms with Crippen LogP contribution in [0.2, 0.25) is 0 Å². The first kappa shape index (κ1) is 22.5. The van der Waals surface area contributed by atoms with Crippen molar-refractivity contribution in [2.75, 3.05) is 33.2 Å². The molecule has 1 atom stereocenters. The van der Waals surface area contributed by atoms with Crippen molar-refractivity contribution in [3.05, 3.63) is 65.2 Å². The van der Waals surface area contributed by atoms with Gasteiger partial charge in [-0.05, 0) is 43.5 Å². The largest absolute Gasteiger partial charge is 0.340 e. The highest BCUT2D eigenvalue weighted by molar-refractivity contribution is 7.89. The second-order valence-corrected chi connectivity index (χ2v) is 9.97. The van der Waals surface area contributed by atoms with Crippen LogP contribution >= 0.6 is 0 Å².